The first kappa shape index (κ1) is 18.3. The molecule has 0 fully saturated rings. The number of rotatable bonds is 5. The number of aryl methyl sites for hydroxylation is 1. The Hall–Kier alpha value is -3.08. The van der Waals surface area contributed by atoms with Gasteiger partial charge in [0.1, 0.15) is 11.4 Å². The van der Waals surface area contributed by atoms with E-state index in [4.69, 9.17) is 9.26 Å². The highest BCUT2D eigenvalue weighted by Crippen LogP contribution is 2.39. The molecular formula is C23H24N2O3. The minimum atomic E-state index is -0.000313. The summed E-state index contributed by atoms with van der Waals surface area (Å²) in [6.45, 7) is 3.94. The molecule has 0 bridgehead atoms. The van der Waals surface area contributed by atoms with E-state index in [1.165, 1.54) is 5.56 Å². The molecule has 0 saturated carbocycles. The number of benzene rings is 2. The van der Waals surface area contributed by atoms with Gasteiger partial charge in [-0.3, -0.25) is 4.79 Å². The molecule has 5 heteroatoms. The first-order chi connectivity index (χ1) is 13.6. The fourth-order valence-electron chi connectivity index (χ4n) is 3.53. The normalized spacial score (nSPS) is 13.4. The number of aromatic nitrogens is 1. The molecule has 1 aliphatic rings. The van der Waals surface area contributed by atoms with Gasteiger partial charge >= 0.3 is 0 Å². The fraction of sp³-hybridized carbons (Fsp3) is 0.304. The maximum absolute atomic E-state index is 12.1. The third-order valence-electron chi connectivity index (χ3n) is 5.47. The number of nitrogens with one attached hydrogen (secondary N) is 1. The summed E-state index contributed by atoms with van der Waals surface area (Å²) in [5.41, 5.74) is 6.14. The molecule has 1 atom stereocenters. The second kappa shape index (κ2) is 7.50. The van der Waals surface area contributed by atoms with Crippen LogP contribution in [0.3, 0.4) is 0 Å². The zero-order valence-corrected chi connectivity index (χ0v) is 16.4. The lowest BCUT2D eigenvalue weighted by molar-refractivity contribution is -0.119. The summed E-state index contributed by atoms with van der Waals surface area (Å²) in [5.74, 6) is 1.70. The lowest BCUT2D eigenvalue weighted by atomic mass is 9.88. The quantitative estimate of drug-likeness (QED) is 0.673. The van der Waals surface area contributed by atoms with Crippen molar-refractivity contribution in [1.29, 1.82) is 0 Å². The maximum Gasteiger partial charge on any atom is 0.227 e. The van der Waals surface area contributed by atoms with E-state index in [9.17, 15) is 4.79 Å². The summed E-state index contributed by atoms with van der Waals surface area (Å²) >= 11 is 0. The molecule has 1 heterocycles. The van der Waals surface area contributed by atoms with Gasteiger partial charge in [-0.05, 0) is 67.3 Å². The van der Waals surface area contributed by atoms with Crippen molar-refractivity contribution in [3.8, 4) is 28.3 Å². The topological polar surface area (TPSA) is 64.4 Å². The van der Waals surface area contributed by atoms with Crippen LogP contribution in [0.25, 0.3) is 22.6 Å². The van der Waals surface area contributed by atoms with E-state index in [2.05, 4.69) is 16.5 Å². The van der Waals surface area contributed by atoms with Gasteiger partial charge in [0.25, 0.3) is 0 Å². The molecule has 2 aromatic carbocycles. The minimum Gasteiger partial charge on any atom is -0.497 e. The Kier molecular flexibility index (Phi) is 4.90. The summed E-state index contributed by atoms with van der Waals surface area (Å²) in [6, 6.07) is 13.8. The highest BCUT2D eigenvalue weighted by atomic mass is 16.5. The number of amides is 1. The number of carbonyl (C=O) groups excluding carboxylic acids is 1. The third kappa shape index (κ3) is 3.28. The number of hydrogen-bond acceptors (Lipinski definition) is 4. The molecule has 28 heavy (non-hydrogen) atoms. The molecule has 1 unspecified atom stereocenters. The highest BCUT2D eigenvalue weighted by molar-refractivity contribution is 5.92. The Morgan fingerprint density at radius 3 is 2.71 bits per heavy atom. The number of nitrogens with zero attached hydrogens (tertiary/aromatic N) is 1. The number of carbonyl (C=O) groups is 1. The van der Waals surface area contributed by atoms with Crippen molar-refractivity contribution in [1.82, 2.24) is 5.16 Å². The second-order valence-corrected chi connectivity index (χ2v) is 7.24. The molecule has 1 N–H and O–H groups in total. The van der Waals surface area contributed by atoms with Gasteiger partial charge in [-0.15, -0.1) is 0 Å². The van der Waals surface area contributed by atoms with E-state index in [1.54, 1.807) is 7.11 Å². The number of ether oxygens (including phenoxy) is 1. The van der Waals surface area contributed by atoms with Gasteiger partial charge in [0.05, 0.1) is 7.11 Å². The molecule has 144 valence electrons. The van der Waals surface area contributed by atoms with Crippen LogP contribution in [0.5, 0.6) is 5.75 Å². The summed E-state index contributed by atoms with van der Waals surface area (Å²) in [6.07, 6.45) is 2.62. The van der Waals surface area contributed by atoms with Gasteiger partial charge in [-0.2, -0.15) is 0 Å². The van der Waals surface area contributed by atoms with Gasteiger partial charge in [-0.1, -0.05) is 19.0 Å². The molecular weight excluding hydrogens is 352 g/mol. The van der Waals surface area contributed by atoms with E-state index in [1.807, 2.05) is 50.2 Å². The van der Waals surface area contributed by atoms with Crippen molar-refractivity contribution in [2.45, 2.75) is 33.1 Å². The van der Waals surface area contributed by atoms with Crippen LogP contribution >= 0.6 is 0 Å². The largest absolute Gasteiger partial charge is 0.497 e. The van der Waals surface area contributed by atoms with E-state index in [0.29, 0.717) is 0 Å². The van der Waals surface area contributed by atoms with E-state index >= 15 is 0 Å². The minimum absolute atomic E-state index is 0.000313. The molecule has 0 spiro atoms. The smallest absolute Gasteiger partial charge is 0.227 e. The van der Waals surface area contributed by atoms with E-state index < -0.39 is 0 Å². The second-order valence-electron chi connectivity index (χ2n) is 7.24. The van der Waals surface area contributed by atoms with Crippen LogP contribution in [-0.4, -0.2) is 18.2 Å². The first-order valence-corrected chi connectivity index (χ1v) is 9.67. The maximum atomic E-state index is 12.1. The number of hydrogen-bond donors (Lipinski definition) is 1. The molecule has 0 aliphatic heterocycles. The molecule has 0 radical (unpaired) electrons. The van der Waals surface area contributed by atoms with Crippen molar-refractivity contribution in [2.75, 3.05) is 12.4 Å². The van der Waals surface area contributed by atoms with Crippen molar-refractivity contribution in [3.63, 3.8) is 0 Å². The van der Waals surface area contributed by atoms with Crippen molar-refractivity contribution < 1.29 is 14.1 Å². The van der Waals surface area contributed by atoms with Crippen molar-refractivity contribution >= 4 is 11.6 Å². The predicted octanol–water partition coefficient (Wildman–Crippen LogP) is 5.10. The van der Waals surface area contributed by atoms with E-state index in [-0.39, 0.29) is 11.8 Å². The highest BCUT2D eigenvalue weighted by Gasteiger charge is 2.25. The molecule has 3 aromatic rings. The Morgan fingerprint density at radius 2 is 2.00 bits per heavy atom. The molecule has 1 aromatic heterocycles. The Balaban J connectivity index is 1.60. The molecule has 4 rings (SSSR count). The third-order valence-corrected chi connectivity index (χ3v) is 5.47. The van der Waals surface area contributed by atoms with Crippen LogP contribution in [0.2, 0.25) is 0 Å². The zero-order valence-electron chi connectivity index (χ0n) is 16.4. The summed E-state index contributed by atoms with van der Waals surface area (Å²) < 4.78 is 11.1. The van der Waals surface area contributed by atoms with Crippen LogP contribution in [0.1, 0.15) is 31.4 Å². The van der Waals surface area contributed by atoms with Gasteiger partial charge in [0, 0.05) is 28.3 Å². The first-order valence-electron chi connectivity index (χ1n) is 9.67. The Bertz CT molecular complexity index is 1010. The van der Waals surface area contributed by atoms with Crippen LogP contribution in [-0.2, 0) is 17.6 Å². The SMILES string of the molecule is CCC(C)C(=O)Nc1ccc(-c2onc3c2CCc2cc(OC)ccc2-3)cc1. The zero-order chi connectivity index (χ0) is 19.7. The monoisotopic (exact) mass is 376 g/mol. The van der Waals surface area contributed by atoms with Crippen LogP contribution in [0.15, 0.2) is 47.0 Å². The predicted molar refractivity (Wildman–Crippen MR) is 109 cm³/mol. The standard InChI is InChI=1S/C23H24N2O3/c1-4-14(2)23(26)24-17-8-5-15(6-9-17)22-20-11-7-16-13-18(27-3)10-12-19(16)21(20)25-28-22/h5-6,8-10,12-14H,4,7,11H2,1-3H3,(H,24,26). The van der Waals surface area contributed by atoms with Crippen molar-refractivity contribution in [3.05, 3.63) is 53.6 Å². The molecule has 0 saturated heterocycles. The van der Waals surface area contributed by atoms with Gasteiger partial charge < -0.3 is 14.6 Å². The van der Waals surface area contributed by atoms with Crippen LogP contribution < -0.4 is 10.1 Å². The number of anilines is 1. The fourth-order valence-corrected chi connectivity index (χ4v) is 3.53. The van der Waals surface area contributed by atoms with Crippen molar-refractivity contribution in [2.24, 2.45) is 5.92 Å². The molecule has 1 amide bonds. The molecule has 5 nitrogen and oxygen atoms in total. The van der Waals surface area contributed by atoms with E-state index in [0.717, 1.165) is 58.8 Å². The molecule has 1 aliphatic carbocycles. The lowest BCUT2D eigenvalue weighted by Gasteiger charge is -2.16. The van der Waals surface area contributed by atoms with Gasteiger partial charge in [-0.25, -0.2) is 0 Å². The van der Waals surface area contributed by atoms with Gasteiger partial charge in [0.2, 0.25) is 5.91 Å². The lowest BCUT2D eigenvalue weighted by Crippen LogP contribution is -2.19. The summed E-state index contributed by atoms with van der Waals surface area (Å²) in [7, 11) is 1.68. The summed E-state index contributed by atoms with van der Waals surface area (Å²) in [5, 5.41) is 7.30. The van der Waals surface area contributed by atoms with Gasteiger partial charge in [0.15, 0.2) is 5.76 Å². The summed E-state index contributed by atoms with van der Waals surface area (Å²) in [4.78, 5) is 12.1. The average Bonchev–Trinajstić information content (AvgIpc) is 3.17. The van der Waals surface area contributed by atoms with Crippen LogP contribution in [0, 0.1) is 5.92 Å². The average molecular weight is 376 g/mol. The number of fused-ring (bicyclic) bond motifs is 3. The van der Waals surface area contributed by atoms with Crippen LogP contribution in [0.4, 0.5) is 5.69 Å². The Labute approximate surface area is 164 Å². The Morgan fingerprint density at radius 1 is 1.21 bits per heavy atom. The number of methoxy groups -OCH3 is 1.